The Morgan fingerprint density at radius 3 is 2.43 bits per heavy atom. The molecule has 0 bridgehead atoms. The highest BCUT2D eigenvalue weighted by atomic mass is 15.2. The average Bonchev–Trinajstić information content (AvgIpc) is 2.52. The first-order valence-corrected chi connectivity index (χ1v) is 6.72. The van der Waals surface area contributed by atoms with E-state index < -0.39 is 0 Å². The minimum absolute atomic E-state index is 0.788. The number of pyridine rings is 1. The van der Waals surface area contributed by atoms with Crippen molar-refractivity contribution in [2.45, 2.75) is 6.92 Å². The molecule has 4 nitrogen and oxygen atoms in total. The van der Waals surface area contributed by atoms with Gasteiger partial charge in [-0.25, -0.2) is 0 Å². The van der Waals surface area contributed by atoms with Gasteiger partial charge in [0, 0.05) is 30.7 Å². The molecule has 108 valence electrons. The Morgan fingerprint density at radius 1 is 1.14 bits per heavy atom. The van der Waals surface area contributed by atoms with E-state index >= 15 is 0 Å². The van der Waals surface area contributed by atoms with Crippen molar-refractivity contribution in [3.05, 3.63) is 77.8 Å². The van der Waals surface area contributed by atoms with Gasteiger partial charge in [0.25, 0.3) is 0 Å². The molecular formula is C17H20N4. The molecule has 2 rings (SSSR count). The highest BCUT2D eigenvalue weighted by Crippen LogP contribution is 2.28. The van der Waals surface area contributed by atoms with Crippen molar-refractivity contribution in [2.75, 3.05) is 7.05 Å². The molecule has 2 aromatic rings. The van der Waals surface area contributed by atoms with E-state index in [1.165, 1.54) is 5.56 Å². The highest BCUT2D eigenvalue weighted by Gasteiger charge is 2.13. The Labute approximate surface area is 125 Å². The fourth-order valence-corrected chi connectivity index (χ4v) is 2.21. The first-order chi connectivity index (χ1) is 10.2. The molecule has 21 heavy (non-hydrogen) atoms. The van der Waals surface area contributed by atoms with Gasteiger partial charge in [-0.1, -0.05) is 30.3 Å². The fourth-order valence-electron chi connectivity index (χ4n) is 2.21. The predicted molar refractivity (Wildman–Crippen MR) is 87.8 cm³/mol. The van der Waals surface area contributed by atoms with Crippen LogP contribution in [0.1, 0.15) is 16.7 Å². The van der Waals surface area contributed by atoms with E-state index in [9.17, 15) is 0 Å². The Morgan fingerprint density at radius 2 is 1.86 bits per heavy atom. The van der Waals surface area contributed by atoms with Crippen molar-refractivity contribution in [1.29, 1.82) is 0 Å². The van der Waals surface area contributed by atoms with Gasteiger partial charge in [0.15, 0.2) is 0 Å². The van der Waals surface area contributed by atoms with Crippen molar-refractivity contribution >= 4 is 11.3 Å². The van der Waals surface area contributed by atoms with Crippen LogP contribution in [-0.4, -0.2) is 12.0 Å². The van der Waals surface area contributed by atoms with Gasteiger partial charge in [0.05, 0.1) is 5.70 Å². The predicted octanol–water partition coefficient (Wildman–Crippen LogP) is 2.45. The summed E-state index contributed by atoms with van der Waals surface area (Å²) in [6.45, 7) is 6.13. The minimum Gasteiger partial charge on any atom is -0.388 e. The second-order valence-electron chi connectivity index (χ2n) is 4.73. The highest BCUT2D eigenvalue weighted by molar-refractivity contribution is 5.96. The molecule has 0 saturated carbocycles. The summed E-state index contributed by atoms with van der Waals surface area (Å²) in [5.41, 5.74) is 8.54. The number of likely N-dealkylation sites (N-methyl/N-ethyl adjacent to an activating group) is 1. The van der Waals surface area contributed by atoms with Gasteiger partial charge < -0.3 is 10.7 Å². The van der Waals surface area contributed by atoms with Crippen LogP contribution in [0.25, 0.3) is 11.3 Å². The molecule has 0 amide bonds. The normalized spacial score (nSPS) is 11.6. The van der Waals surface area contributed by atoms with Gasteiger partial charge in [-0.05, 0) is 36.2 Å². The summed E-state index contributed by atoms with van der Waals surface area (Å²) < 4.78 is 0. The topological polar surface area (TPSA) is 63.0 Å². The van der Waals surface area contributed by atoms with Crippen molar-refractivity contribution in [1.82, 2.24) is 15.7 Å². The lowest BCUT2D eigenvalue weighted by Crippen LogP contribution is -2.23. The first-order valence-electron chi connectivity index (χ1n) is 6.72. The number of nitrogens with one attached hydrogen (secondary N) is 2. The van der Waals surface area contributed by atoms with E-state index in [0.717, 1.165) is 28.1 Å². The lowest BCUT2D eigenvalue weighted by molar-refractivity contribution is 0.981. The van der Waals surface area contributed by atoms with Crippen LogP contribution in [0.3, 0.4) is 0 Å². The third-order valence-corrected chi connectivity index (χ3v) is 3.27. The van der Waals surface area contributed by atoms with E-state index in [1.54, 1.807) is 12.4 Å². The van der Waals surface area contributed by atoms with E-state index in [0.29, 0.717) is 0 Å². The van der Waals surface area contributed by atoms with Gasteiger partial charge in [0.2, 0.25) is 0 Å². The van der Waals surface area contributed by atoms with Crippen molar-refractivity contribution in [3.63, 3.8) is 0 Å². The molecule has 1 aromatic carbocycles. The largest absolute Gasteiger partial charge is 0.388 e. The van der Waals surface area contributed by atoms with Crippen LogP contribution in [0.2, 0.25) is 0 Å². The monoisotopic (exact) mass is 280 g/mol. The first kappa shape index (κ1) is 14.8. The van der Waals surface area contributed by atoms with Crippen LogP contribution in [0.5, 0.6) is 0 Å². The molecule has 0 aliphatic heterocycles. The maximum atomic E-state index is 5.79. The Bertz CT molecular complexity index is 660. The number of rotatable bonds is 5. The van der Waals surface area contributed by atoms with Gasteiger partial charge in [0.1, 0.15) is 0 Å². The number of hydrogen-bond donors (Lipinski definition) is 3. The summed E-state index contributed by atoms with van der Waals surface area (Å²) in [6.07, 6.45) is 3.51. The van der Waals surface area contributed by atoms with Gasteiger partial charge >= 0.3 is 0 Å². The number of aromatic nitrogens is 1. The smallest absolute Gasteiger partial charge is 0.0656 e. The van der Waals surface area contributed by atoms with E-state index in [4.69, 9.17) is 5.84 Å². The summed E-state index contributed by atoms with van der Waals surface area (Å²) >= 11 is 0. The third kappa shape index (κ3) is 3.30. The number of allylic oxidation sites excluding steroid dienone is 1. The number of nitrogens with two attached hydrogens (primary N) is 1. The molecule has 0 radical (unpaired) electrons. The van der Waals surface area contributed by atoms with Crippen LogP contribution in [0.15, 0.2) is 61.1 Å². The molecule has 0 atom stereocenters. The van der Waals surface area contributed by atoms with Crippen LogP contribution < -0.4 is 16.6 Å². The number of nitrogens with zero attached hydrogens (tertiary/aromatic N) is 1. The average molecular weight is 280 g/mol. The minimum atomic E-state index is 0.788. The summed E-state index contributed by atoms with van der Waals surface area (Å²) in [7, 11) is 1.84. The summed E-state index contributed by atoms with van der Waals surface area (Å²) in [5, 5.41) is 3.09. The van der Waals surface area contributed by atoms with Crippen molar-refractivity contribution < 1.29 is 0 Å². The fraction of sp³-hybridized carbons (Fsp3) is 0.118. The van der Waals surface area contributed by atoms with Gasteiger partial charge in [-0.2, -0.15) is 0 Å². The Hall–Kier alpha value is -2.59. The molecule has 0 aliphatic carbocycles. The SMILES string of the molecule is C=C(NC)/C(=C(\NN)c1cccc(C)c1)c1ccncc1. The van der Waals surface area contributed by atoms with E-state index in [2.05, 4.69) is 41.4 Å². The quantitative estimate of drug-likeness (QED) is 0.447. The number of benzene rings is 1. The zero-order valence-electron chi connectivity index (χ0n) is 12.4. The molecule has 0 unspecified atom stereocenters. The van der Waals surface area contributed by atoms with Crippen LogP contribution >= 0.6 is 0 Å². The summed E-state index contributed by atoms with van der Waals surface area (Å²) in [4.78, 5) is 4.06. The standard InChI is InChI=1S/C17H20N4/c1-12-5-4-6-15(11-12)17(21-18)16(13(2)19-3)14-7-9-20-10-8-14/h4-11,19,21H,2,18H2,1,3H3/b17-16+. The summed E-state index contributed by atoms with van der Waals surface area (Å²) in [6, 6.07) is 12.0. The lowest BCUT2D eigenvalue weighted by Gasteiger charge is -2.18. The van der Waals surface area contributed by atoms with E-state index in [1.807, 2.05) is 31.3 Å². The molecule has 4 N–H and O–H groups in total. The van der Waals surface area contributed by atoms with Crippen molar-refractivity contribution in [3.8, 4) is 0 Å². The zero-order chi connectivity index (χ0) is 15.2. The number of hydrogen-bond acceptors (Lipinski definition) is 4. The van der Waals surface area contributed by atoms with E-state index in [-0.39, 0.29) is 0 Å². The second kappa shape index (κ2) is 6.72. The number of hydrazine groups is 1. The summed E-state index contributed by atoms with van der Waals surface area (Å²) in [5.74, 6) is 5.79. The Balaban J connectivity index is 2.67. The maximum absolute atomic E-state index is 5.79. The number of aryl methyl sites for hydroxylation is 1. The molecule has 0 saturated heterocycles. The third-order valence-electron chi connectivity index (χ3n) is 3.27. The zero-order valence-corrected chi connectivity index (χ0v) is 12.4. The van der Waals surface area contributed by atoms with Crippen LogP contribution in [0.4, 0.5) is 0 Å². The molecule has 0 spiro atoms. The lowest BCUT2D eigenvalue weighted by atomic mass is 9.97. The van der Waals surface area contributed by atoms with Gasteiger partial charge in [-0.3, -0.25) is 10.8 Å². The molecular weight excluding hydrogens is 260 g/mol. The van der Waals surface area contributed by atoms with Crippen LogP contribution in [0, 0.1) is 6.92 Å². The second-order valence-corrected chi connectivity index (χ2v) is 4.73. The molecule has 1 aromatic heterocycles. The molecule has 1 heterocycles. The Kier molecular flexibility index (Phi) is 4.74. The maximum Gasteiger partial charge on any atom is 0.0656 e. The van der Waals surface area contributed by atoms with Crippen molar-refractivity contribution in [2.24, 2.45) is 5.84 Å². The molecule has 0 aliphatic rings. The van der Waals surface area contributed by atoms with Crippen LogP contribution in [-0.2, 0) is 0 Å². The molecule has 0 fully saturated rings. The molecule has 4 heteroatoms. The van der Waals surface area contributed by atoms with Gasteiger partial charge in [-0.15, -0.1) is 0 Å².